The number of hydrogen-bond donors (Lipinski definition) is 1. The van der Waals surface area contributed by atoms with E-state index in [4.69, 9.17) is 28.5 Å². The van der Waals surface area contributed by atoms with Gasteiger partial charge in [-0.25, -0.2) is 14.6 Å². The first-order valence-electron chi connectivity index (χ1n) is 9.50. The lowest BCUT2D eigenvalue weighted by molar-refractivity contribution is -0.141. The van der Waals surface area contributed by atoms with Crippen LogP contribution in [0.25, 0.3) is 0 Å². The van der Waals surface area contributed by atoms with Crippen LogP contribution in [-0.2, 0) is 17.5 Å². The fraction of sp³-hybridized carbons (Fsp3) is 0.300. The van der Waals surface area contributed by atoms with E-state index in [1.165, 1.54) is 11.0 Å². The van der Waals surface area contributed by atoms with E-state index in [0.29, 0.717) is 10.0 Å². The summed E-state index contributed by atoms with van der Waals surface area (Å²) in [5, 5.41) is 11.9. The first kappa shape index (κ1) is 24.4. The van der Waals surface area contributed by atoms with E-state index in [2.05, 4.69) is 15.0 Å². The van der Waals surface area contributed by atoms with Crippen molar-refractivity contribution in [3.05, 3.63) is 57.2 Å². The average molecular weight is 502 g/mol. The van der Waals surface area contributed by atoms with Crippen LogP contribution < -0.4 is 10.2 Å². The number of amides is 2. The molecule has 0 saturated carbocycles. The molecule has 13 heteroatoms. The normalized spacial score (nSPS) is 13.9. The number of alkyl halides is 3. The van der Waals surface area contributed by atoms with Gasteiger partial charge in [-0.3, -0.25) is 0 Å². The highest BCUT2D eigenvalue weighted by molar-refractivity contribution is 6.42. The van der Waals surface area contributed by atoms with E-state index in [9.17, 15) is 22.8 Å². The van der Waals surface area contributed by atoms with Crippen molar-refractivity contribution in [1.29, 1.82) is 5.26 Å². The summed E-state index contributed by atoms with van der Waals surface area (Å²) in [6.45, 7) is 1.18. The largest absolute Gasteiger partial charge is 0.434 e. The Bertz CT molecular complexity index is 1100. The van der Waals surface area contributed by atoms with Crippen LogP contribution in [0.15, 0.2) is 30.3 Å². The SMILES string of the molecule is N#COC(=O)c1ccc(N2CCN(C(=O)NCc3ccc(Cl)c(Cl)c3)CC2)nc1C(F)(F)F. The molecule has 0 bridgehead atoms. The van der Waals surface area contributed by atoms with E-state index in [-0.39, 0.29) is 44.6 Å². The number of aromatic nitrogens is 1. The Morgan fingerprint density at radius 1 is 1.12 bits per heavy atom. The van der Waals surface area contributed by atoms with Crippen molar-refractivity contribution < 1.29 is 27.5 Å². The molecule has 0 radical (unpaired) electrons. The minimum absolute atomic E-state index is 0.00769. The lowest BCUT2D eigenvalue weighted by Crippen LogP contribution is -2.52. The monoisotopic (exact) mass is 501 g/mol. The smallest absolute Gasteiger partial charge is 0.353 e. The summed E-state index contributed by atoms with van der Waals surface area (Å²) in [5.41, 5.74) is -1.54. The van der Waals surface area contributed by atoms with Crippen LogP contribution in [0.4, 0.5) is 23.8 Å². The second kappa shape index (κ2) is 10.1. The summed E-state index contributed by atoms with van der Waals surface area (Å²) in [4.78, 5) is 30.8. The number of anilines is 1. The van der Waals surface area contributed by atoms with Crippen LogP contribution in [0.3, 0.4) is 0 Å². The standard InChI is InChI=1S/C20H16Cl2F3N5O3/c21-14-3-1-12(9-15(14)22)10-27-19(32)30-7-5-29(6-8-30)16-4-2-13(18(31)33-11-26)17(28-16)20(23,24)25/h1-4,9H,5-8,10H2,(H,27,32). The summed E-state index contributed by atoms with van der Waals surface area (Å²) < 4.78 is 44.2. The van der Waals surface area contributed by atoms with Gasteiger partial charge in [0, 0.05) is 32.7 Å². The molecule has 0 atom stereocenters. The van der Waals surface area contributed by atoms with Crippen LogP contribution in [0.1, 0.15) is 21.6 Å². The predicted octanol–water partition coefficient (Wildman–Crippen LogP) is 4.08. The molecule has 2 aromatic rings. The molecule has 1 aliphatic heterocycles. The predicted molar refractivity (Wildman–Crippen MR) is 113 cm³/mol. The van der Waals surface area contributed by atoms with E-state index in [1.54, 1.807) is 23.1 Å². The van der Waals surface area contributed by atoms with Gasteiger partial charge in [-0.15, -0.1) is 5.26 Å². The maximum absolute atomic E-state index is 13.4. The Morgan fingerprint density at radius 2 is 1.82 bits per heavy atom. The van der Waals surface area contributed by atoms with E-state index in [1.807, 2.05) is 0 Å². The lowest BCUT2D eigenvalue weighted by Gasteiger charge is -2.35. The van der Waals surface area contributed by atoms with Crippen LogP contribution >= 0.6 is 23.2 Å². The molecular weight excluding hydrogens is 486 g/mol. The van der Waals surface area contributed by atoms with E-state index < -0.39 is 23.4 Å². The zero-order chi connectivity index (χ0) is 24.2. The number of rotatable bonds is 4. The summed E-state index contributed by atoms with van der Waals surface area (Å²) in [5.74, 6) is -1.45. The molecule has 1 N–H and O–H groups in total. The summed E-state index contributed by atoms with van der Waals surface area (Å²) >= 11 is 11.8. The summed E-state index contributed by atoms with van der Waals surface area (Å²) in [7, 11) is 0. The first-order chi connectivity index (χ1) is 15.6. The third-order valence-electron chi connectivity index (χ3n) is 4.83. The number of urea groups is 1. The van der Waals surface area contributed by atoms with Crippen molar-refractivity contribution >= 4 is 41.0 Å². The molecule has 2 heterocycles. The Balaban J connectivity index is 1.63. The van der Waals surface area contributed by atoms with Crippen molar-refractivity contribution in [2.24, 2.45) is 0 Å². The molecule has 8 nitrogen and oxygen atoms in total. The molecule has 2 amide bonds. The molecule has 1 aromatic carbocycles. The molecule has 0 spiro atoms. The summed E-state index contributed by atoms with van der Waals surface area (Å²) in [6.07, 6.45) is -3.87. The highest BCUT2D eigenvalue weighted by Gasteiger charge is 2.39. The van der Waals surface area contributed by atoms with Crippen molar-refractivity contribution in [2.45, 2.75) is 12.7 Å². The van der Waals surface area contributed by atoms with Gasteiger partial charge in [0.2, 0.25) is 0 Å². The second-order valence-electron chi connectivity index (χ2n) is 6.93. The fourth-order valence-corrected chi connectivity index (χ4v) is 3.50. The molecule has 1 saturated heterocycles. The quantitative estimate of drug-likeness (QED) is 0.500. The van der Waals surface area contributed by atoms with E-state index >= 15 is 0 Å². The number of hydrogen-bond acceptors (Lipinski definition) is 6. The highest BCUT2D eigenvalue weighted by atomic mass is 35.5. The number of nitriles is 1. The lowest BCUT2D eigenvalue weighted by atomic mass is 10.1. The minimum Gasteiger partial charge on any atom is -0.353 e. The van der Waals surface area contributed by atoms with Gasteiger partial charge >= 0.3 is 18.2 Å². The van der Waals surface area contributed by atoms with Crippen molar-refractivity contribution in [3.8, 4) is 6.26 Å². The van der Waals surface area contributed by atoms with Gasteiger partial charge < -0.3 is 19.9 Å². The van der Waals surface area contributed by atoms with Crippen LogP contribution in [0, 0.1) is 11.5 Å². The third kappa shape index (κ3) is 5.97. The number of carbonyl (C=O) groups excluding carboxylic acids is 2. The van der Waals surface area contributed by atoms with Crippen molar-refractivity contribution in [2.75, 3.05) is 31.1 Å². The van der Waals surface area contributed by atoms with E-state index in [0.717, 1.165) is 17.9 Å². The number of esters is 1. The number of pyridine rings is 1. The average Bonchev–Trinajstić information content (AvgIpc) is 2.79. The van der Waals surface area contributed by atoms with Gasteiger partial charge in [0.25, 0.3) is 6.26 Å². The third-order valence-corrected chi connectivity index (χ3v) is 5.56. The van der Waals surface area contributed by atoms with Crippen LogP contribution in [0.5, 0.6) is 0 Å². The van der Waals surface area contributed by atoms with Crippen molar-refractivity contribution in [1.82, 2.24) is 15.2 Å². The highest BCUT2D eigenvalue weighted by Crippen LogP contribution is 2.32. The zero-order valence-corrected chi connectivity index (χ0v) is 18.3. The second-order valence-corrected chi connectivity index (χ2v) is 7.74. The first-order valence-corrected chi connectivity index (χ1v) is 10.3. The Labute approximate surface area is 196 Å². The number of benzene rings is 1. The van der Waals surface area contributed by atoms with Crippen LogP contribution in [-0.4, -0.2) is 48.1 Å². The van der Waals surface area contributed by atoms with Gasteiger partial charge in [0.15, 0.2) is 5.69 Å². The number of nitrogens with one attached hydrogen (secondary N) is 1. The molecular formula is C20H16Cl2F3N5O3. The van der Waals surface area contributed by atoms with Gasteiger partial charge in [0.1, 0.15) is 5.82 Å². The van der Waals surface area contributed by atoms with Gasteiger partial charge in [-0.1, -0.05) is 29.3 Å². The molecule has 33 heavy (non-hydrogen) atoms. The Hall–Kier alpha value is -3.23. The number of nitrogens with zero attached hydrogens (tertiary/aromatic N) is 4. The number of halogens is 5. The van der Waals surface area contributed by atoms with Gasteiger partial charge in [-0.2, -0.15) is 13.2 Å². The van der Waals surface area contributed by atoms with Gasteiger partial charge in [0.05, 0.1) is 15.6 Å². The summed E-state index contributed by atoms with van der Waals surface area (Å²) in [6, 6.07) is 6.82. The number of piperazine rings is 1. The maximum atomic E-state index is 13.4. The minimum atomic E-state index is -4.92. The molecule has 174 valence electrons. The Kier molecular flexibility index (Phi) is 7.50. The molecule has 3 rings (SSSR count). The molecule has 1 aliphatic rings. The van der Waals surface area contributed by atoms with Crippen LogP contribution in [0.2, 0.25) is 10.0 Å². The maximum Gasteiger partial charge on any atom is 0.434 e. The van der Waals surface area contributed by atoms with Crippen molar-refractivity contribution in [3.63, 3.8) is 0 Å². The fourth-order valence-electron chi connectivity index (χ4n) is 3.18. The molecule has 1 fully saturated rings. The molecule has 1 aromatic heterocycles. The number of carbonyl (C=O) groups is 2. The number of ether oxygens (including phenoxy) is 1. The topological polar surface area (TPSA) is 98.6 Å². The zero-order valence-electron chi connectivity index (χ0n) is 16.8. The van der Waals surface area contributed by atoms with Gasteiger partial charge in [-0.05, 0) is 29.8 Å². The Morgan fingerprint density at radius 3 is 2.42 bits per heavy atom. The molecule has 0 unspecified atom stereocenters. The molecule has 0 aliphatic carbocycles.